The Bertz CT molecular complexity index is 1240. The number of carbonyl (C=O) groups excluding carboxylic acids is 2. The van der Waals surface area contributed by atoms with Crippen molar-refractivity contribution in [1.82, 2.24) is 15.6 Å². The quantitative estimate of drug-likeness (QED) is 0.521. The standard InChI is InChI=1S/C26H30N4O4/c1-33-23-10-8-18(13-24(23)34-2)30-15-17(12-25(30)31)28-26(32)27-14-16-7-9-22-20(11-16)19-5-3-4-6-21(19)29-22/h7-11,13,17,29H,3-6,12,14-15H2,1-2H3,(H2,27,28,32)/t17-/m1/s1. The maximum absolute atomic E-state index is 12.6. The maximum Gasteiger partial charge on any atom is 0.315 e. The lowest BCUT2D eigenvalue weighted by Gasteiger charge is -2.19. The number of nitrogens with zero attached hydrogens (tertiary/aromatic N) is 1. The molecule has 1 fully saturated rings. The number of carbonyl (C=O) groups is 2. The SMILES string of the molecule is COc1ccc(N2C[C@H](NC(=O)NCc3ccc4[nH]c5c(c4c3)CCCC5)CC2=O)cc1OC. The van der Waals surface area contributed by atoms with Gasteiger partial charge in [0.25, 0.3) is 0 Å². The monoisotopic (exact) mass is 462 g/mol. The van der Waals surface area contributed by atoms with Gasteiger partial charge in [-0.2, -0.15) is 0 Å². The Morgan fingerprint density at radius 1 is 1.09 bits per heavy atom. The number of H-pyrrole nitrogens is 1. The van der Waals surface area contributed by atoms with E-state index in [0.29, 0.717) is 24.6 Å². The molecule has 1 aliphatic carbocycles. The molecule has 8 nitrogen and oxygen atoms in total. The Kier molecular flexibility index (Phi) is 6.04. The number of anilines is 1. The molecule has 2 aromatic carbocycles. The zero-order valence-electron chi connectivity index (χ0n) is 19.6. The van der Waals surface area contributed by atoms with E-state index in [1.807, 2.05) is 12.1 Å². The van der Waals surface area contributed by atoms with Crippen molar-refractivity contribution in [3.05, 3.63) is 53.2 Å². The number of urea groups is 1. The second-order valence-electron chi connectivity index (χ2n) is 8.94. The molecular formula is C26H30N4O4. The summed E-state index contributed by atoms with van der Waals surface area (Å²) < 4.78 is 10.6. The number of benzene rings is 2. The largest absolute Gasteiger partial charge is 0.493 e. The van der Waals surface area contributed by atoms with E-state index >= 15 is 0 Å². The van der Waals surface area contributed by atoms with Crippen molar-refractivity contribution >= 4 is 28.5 Å². The fourth-order valence-electron chi connectivity index (χ4n) is 5.03. The molecule has 1 aliphatic heterocycles. The Morgan fingerprint density at radius 3 is 2.74 bits per heavy atom. The molecule has 8 heteroatoms. The van der Waals surface area contributed by atoms with E-state index in [1.165, 1.54) is 35.0 Å². The average molecular weight is 463 g/mol. The van der Waals surface area contributed by atoms with Gasteiger partial charge in [-0.05, 0) is 61.1 Å². The number of amides is 3. The second kappa shape index (κ2) is 9.29. The van der Waals surface area contributed by atoms with Crippen molar-refractivity contribution in [1.29, 1.82) is 0 Å². The van der Waals surface area contributed by atoms with Crippen LogP contribution in [-0.4, -0.2) is 43.7 Å². The van der Waals surface area contributed by atoms with Crippen molar-refractivity contribution in [3.8, 4) is 11.5 Å². The molecule has 5 rings (SSSR count). The highest BCUT2D eigenvalue weighted by atomic mass is 16.5. The number of aromatic nitrogens is 1. The van der Waals surface area contributed by atoms with E-state index in [4.69, 9.17) is 9.47 Å². The van der Waals surface area contributed by atoms with Gasteiger partial charge in [0.2, 0.25) is 5.91 Å². The Labute approximate surface area is 198 Å². The number of hydrogen-bond donors (Lipinski definition) is 3. The third kappa shape index (κ3) is 4.27. The van der Waals surface area contributed by atoms with Crippen LogP contribution in [0.4, 0.5) is 10.5 Å². The van der Waals surface area contributed by atoms with Gasteiger partial charge in [-0.3, -0.25) is 4.79 Å². The number of fused-ring (bicyclic) bond motifs is 3. The van der Waals surface area contributed by atoms with Crippen LogP contribution in [0.1, 0.15) is 36.1 Å². The van der Waals surface area contributed by atoms with E-state index in [-0.39, 0.29) is 24.4 Å². The molecule has 0 spiro atoms. The first kappa shape index (κ1) is 22.1. The third-order valence-electron chi connectivity index (χ3n) is 6.75. The van der Waals surface area contributed by atoms with Gasteiger partial charge in [-0.15, -0.1) is 0 Å². The number of ether oxygens (including phenoxy) is 2. The van der Waals surface area contributed by atoms with Gasteiger partial charge in [0.1, 0.15) is 0 Å². The summed E-state index contributed by atoms with van der Waals surface area (Å²) >= 11 is 0. The van der Waals surface area contributed by atoms with Crippen LogP contribution in [0.3, 0.4) is 0 Å². The summed E-state index contributed by atoms with van der Waals surface area (Å²) in [7, 11) is 3.13. The van der Waals surface area contributed by atoms with Crippen LogP contribution in [0.25, 0.3) is 10.9 Å². The molecule has 3 aromatic rings. The zero-order chi connectivity index (χ0) is 23.7. The van der Waals surface area contributed by atoms with Crippen LogP contribution in [0.2, 0.25) is 0 Å². The molecule has 0 unspecified atom stereocenters. The predicted octanol–water partition coefficient (Wildman–Crippen LogP) is 3.67. The topological polar surface area (TPSA) is 95.7 Å². The maximum atomic E-state index is 12.6. The summed E-state index contributed by atoms with van der Waals surface area (Å²) in [6.07, 6.45) is 4.94. The first-order valence-electron chi connectivity index (χ1n) is 11.7. The molecule has 1 aromatic heterocycles. The number of methoxy groups -OCH3 is 2. The normalized spacial score (nSPS) is 17.5. The van der Waals surface area contributed by atoms with Crippen LogP contribution in [-0.2, 0) is 24.2 Å². The zero-order valence-corrected chi connectivity index (χ0v) is 19.6. The van der Waals surface area contributed by atoms with Crippen molar-refractivity contribution in [2.75, 3.05) is 25.7 Å². The second-order valence-corrected chi connectivity index (χ2v) is 8.94. The van der Waals surface area contributed by atoms with Crippen molar-refractivity contribution in [2.45, 2.75) is 44.7 Å². The lowest BCUT2D eigenvalue weighted by molar-refractivity contribution is -0.117. The lowest BCUT2D eigenvalue weighted by Crippen LogP contribution is -2.43. The molecule has 0 bridgehead atoms. The van der Waals surface area contributed by atoms with Gasteiger partial charge >= 0.3 is 6.03 Å². The van der Waals surface area contributed by atoms with Crippen LogP contribution in [0.5, 0.6) is 11.5 Å². The number of aromatic amines is 1. The van der Waals surface area contributed by atoms with Crippen LogP contribution < -0.4 is 25.0 Å². The third-order valence-corrected chi connectivity index (χ3v) is 6.75. The van der Waals surface area contributed by atoms with E-state index in [2.05, 4.69) is 27.8 Å². The molecule has 1 saturated heterocycles. The highest BCUT2D eigenvalue weighted by Gasteiger charge is 2.32. The smallest absolute Gasteiger partial charge is 0.315 e. The minimum atomic E-state index is -0.275. The van der Waals surface area contributed by atoms with Crippen LogP contribution in [0.15, 0.2) is 36.4 Å². The summed E-state index contributed by atoms with van der Waals surface area (Å²) in [6.45, 7) is 0.838. The van der Waals surface area contributed by atoms with Gasteiger partial charge in [-0.1, -0.05) is 6.07 Å². The van der Waals surface area contributed by atoms with E-state index in [1.54, 1.807) is 31.3 Å². The van der Waals surface area contributed by atoms with Gasteiger partial charge in [0.15, 0.2) is 11.5 Å². The lowest BCUT2D eigenvalue weighted by atomic mass is 9.95. The summed E-state index contributed by atoms with van der Waals surface area (Å²) in [4.78, 5) is 30.4. The van der Waals surface area contributed by atoms with E-state index in [9.17, 15) is 9.59 Å². The van der Waals surface area contributed by atoms with Crippen LogP contribution >= 0.6 is 0 Å². The minimum absolute atomic E-state index is 0.0415. The summed E-state index contributed by atoms with van der Waals surface area (Å²) in [5.74, 6) is 1.12. The van der Waals surface area contributed by atoms with Gasteiger partial charge in [0.05, 0.1) is 20.3 Å². The Balaban J connectivity index is 1.19. The van der Waals surface area contributed by atoms with Gasteiger partial charge < -0.3 is 30.0 Å². The van der Waals surface area contributed by atoms with Gasteiger partial charge in [0, 0.05) is 47.9 Å². The molecule has 3 N–H and O–H groups in total. The highest BCUT2D eigenvalue weighted by Crippen LogP contribution is 2.33. The molecular weight excluding hydrogens is 432 g/mol. The Hall–Kier alpha value is -3.68. The van der Waals surface area contributed by atoms with Crippen molar-refractivity contribution in [3.63, 3.8) is 0 Å². The molecule has 1 atom stereocenters. The summed E-state index contributed by atoms with van der Waals surface area (Å²) in [5.41, 5.74) is 5.72. The Morgan fingerprint density at radius 2 is 1.91 bits per heavy atom. The van der Waals surface area contributed by atoms with Crippen molar-refractivity contribution < 1.29 is 19.1 Å². The van der Waals surface area contributed by atoms with Crippen LogP contribution in [0, 0.1) is 0 Å². The molecule has 34 heavy (non-hydrogen) atoms. The average Bonchev–Trinajstić information content (AvgIpc) is 3.41. The first-order valence-corrected chi connectivity index (χ1v) is 11.7. The fraction of sp³-hybridized carbons (Fsp3) is 0.385. The van der Waals surface area contributed by atoms with E-state index in [0.717, 1.165) is 24.1 Å². The number of hydrogen-bond acceptors (Lipinski definition) is 4. The molecule has 2 aliphatic rings. The highest BCUT2D eigenvalue weighted by molar-refractivity contribution is 5.97. The number of rotatable bonds is 6. The summed E-state index contributed by atoms with van der Waals surface area (Å²) in [6, 6.07) is 11.1. The molecule has 0 saturated carbocycles. The number of aryl methyl sites for hydroxylation is 2. The molecule has 0 radical (unpaired) electrons. The minimum Gasteiger partial charge on any atom is -0.493 e. The molecule has 3 amide bonds. The van der Waals surface area contributed by atoms with Crippen molar-refractivity contribution in [2.24, 2.45) is 0 Å². The predicted molar refractivity (Wildman–Crippen MR) is 131 cm³/mol. The number of nitrogens with one attached hydrogen (secondary N) is 3. The molecule has 2 heterocycles. The summed E-state index contributed by atoms with van der Waals surface area (Å²) in [5, 5.41) is 7.14. The van der Waals surface area contributed by atoms with E-state index < -0.39 is 0 Å². The first-order chi connectivity index (χ1) is 16.6. The molecule has 178 valence electrons. The van der Waals surface area contributed by atoms with Gasteiger partial charge in [-0.25, -0.2) is 4.79 Å². The fourth-order valence-corrected chi connectivity index (χ4v) is 5.03.